The molecule has 0 radical (unpaired) electrons. The number of para-hydroxylation sites is 1. The summed E-state index contributed by atoms with van der Waals surface area (Å²) in [7, 11) is -4.10. The number of aryl methyl sites for hydroxylation is 3. The standard InChI is InChI=1S/C25H23NO5S/c1-16-8-5-9-17(2)22(16)19-11-6-13-21-23(19)24(25(27)28)18-10-3-4-12-20(18)26(21)14-7-15-32(29,30)31/h3-6,8-13H,7,14-15H2,1-2H3,(H-,27,28,29,30,31). The van der Waals surface area contributed by atoms with Crippen LogP contribution in [-0.2, 0) is 16.7 Å². The van der Waals surface area contributed by atoms with Crippen LogP contribution in [0.5, 0.6) is 0 Å². The summed E-state index contributed by atoms with van der Waals surface area (Å²) in [6.45, 7) is 4.27. The first-order valence-corrected chi connectivity index (χ1v) is 11.9. The first kappa shape index (κ1) is 21.9. The highest BCUT2D eigenvalue weighted by Gasteiger charge is 2.24. The zero-order chi connectivity index (χ0) is 23.0. The van der Waals surface area contributed by atoms with Crippen molar-refractivity contribution < 1.29 is 27.4 Å². The zero-order valence-electron chi connectivity index (χ0n) is 17.8. The first-order valence-electron chi connectivity index (χ1n) is 10.3. The second kappa shape index (κ2) is 8.33. The van der Waals surface area contributed by atoms with Gasteiger partial charge in [-0.3, -0.25) is 4.55 Å². The van der Waals surface area contributed by atoms with Gasteiger partial charge in [0.1, 0.15) is 0 Å². The van der Waals surface area contributed by atoms with Crippen LogP contribution in [0.1, 0.15) is 27.9 Å². The third kappa shape index (κ3) is 3.97. The van der Waals surface area contributed by atoms with E-state index in [1.807, 2.05) is 60.9 Å². The van der Waals surface area contributed by atoms with E-state index < -0.39 is 16.1 Å². The number of carbonyl (C=O) groups excluding carboxylic acids is 1. The Labute approximate surface area is 186 Å². The number of aromatic carboxylic acids is 1. The normalized spacial score (nSPS) is 11.8. The average Bonchev–Trinajstić information content (AvgIpc) is 2.72. The fourth-order valence-corrected chi connectivity index (χ4v) is 5.01. The first-order chi connectivity index (χ1) is 15.2. The molecule has 0 bridgehead atoms. The van der Waals surface area contributed by atoms with E-state index in [-0.39, 0.29) is 17.7 Å². The van der Waals surface area contributed by atoms with E-state index in [2.05, 4.69) is 0 Å². The molecule has 164 valence electrons. The maximum absolute atomic E-state index is 12.4. The van der Waals surface area contributed by atoms with Crippen LogP contribution in [0.4, 0.5) is 0 Å². The monoisotopic (exact) mass is 449 g/mol. The van der Waals surface area contributed by atoms with E-state index in [9.17, 15) is 18.3 Å². The number of pyridine rings is 1. The van der Waals surface area contributed by atoms with E-state index in [1.54, 1.807) is 18.2 Å². The Kier molecular flexibility index (Phi) is 5.71. The number of rotatable bonds is 6. The second-order valence-electron chi connectivity index (χ2n) is 7.94. The van der Waals surface area contributed by atoms with Crippen LogP contribution in [-0.4, -0.2) is 24.7 Å². The highest BCUT2D eigenvalue weighted by Crippen LogP contribution is 2.36. The highest BCUT2D eigenvalue weighted by atomic mass is 32.2. The van der Waals surface area contributed by atoms with Gasteiger partial charge in [-0.1, -0.05) is 42.5 Å². The Hall–Kier alpha value is -3.29. The van der Waals surface area contributed by atoms with Crippen molar-refractivity contribution in [2.24, 2.45) is 0 Å². The number of carboxylic acids is 1. The van der Waals surface area contributed by atoms with Gasteiger partial charge in [0, 0.05) is 24.1 Å². The van der Waals surface area contributed by atoms with Gasteiger partial charge in [-0.25, -0.2) is 0 Å². The molecular weight excluding hydrogens is 426 g/mol. The maximum atomic E-state index is 12.4. The van der Waals surface area contributed by atoms with E-state index in [0.29, 0.717) is 28.4 Å². The van der Waals surface area contributed by atoms with Crippen LogP contribution in [0, 0.1) is 13.8 Å². The Balaban J connectivity index is 2.13. The summed E-state index contributed by atoms with van der Waals surface area (Å²) in [6, 6.07) is 18.7. The minimum absolute atomic E-state index is 0.111. The molecule has 0 amide bonds. The lowest BCUT2D eigenvalue weighted by Crippen LogP contribution is -2.38. The Morgan fingerprint density at radius 2 is 1.56 bits per heavy atom. The fourth-order valence-electron chi connectivity index (χ4n) is 4.52. The molecule has 0 atom stereocenters. The molecular formula is C25H23NO5S. The number of benzene rings is 3. The van der Waals surface area contributed by atoms with Gasteiger partial charge in [0.2, 0.25) is 11.0 Å². The average molecular weight is 450 g/mol. The predicted octanol–water partition coefficient (Wildman–Crippen LogP) is 3.21. The fraction of sp³-hybridized carbons (Fsp3) is 0.200. The van der Waals surface area contributed by atoms with Crippen LogP contribution in [0.2, 0.25) is 0 Å². The zero-order valence-corrected chi connectivity index (χ0v) is 18.6. The van der Waals surface area contributed by atoms with Crippen LogP contribution < -0.4 is 9.67 Å². The number of hydrogen-bond acceptors (Lipinski definition) is 4. The molecule has 0 aliphatic carbocycles. The molecule has 1 heterocycles. The molecule has 7 heteroatoms. The summed E-state index contributed by atoms with van der Waals surface area (Å²) >= 11 is 0. The van der Waals surface area contributed by atoms with Crippen molar-refractivity contribution in [3.05, 3.63) is 77.4 Å². The predicted molar refractivity (Wildman–Crippen MR) is 122 cm³/mol. The smallest absolute Gasteiger partial charge is 0.265 e. The van der Waals surface area contributed by atoms with E-state index in [4.69, 9.17) is 4.55 Å². The van der Waals surface area contributed by atoms with E-state index in [0.717, 1.165) is 22.3 Å². The van der Waals surface area contributed by atoms with Gasteiger partial charge in [-0.05, 0) is 42.2 Å². The number of carboxylic acid groups (broad SMARTS) is 1. The number of aromatic nitrogens is 1. The molecule has 0 aliphatic heterocycles. The molecule has 32 heavy (non-hydrogen) atoms. The van der Waals surface area contributed by atoms with Crippen molar-refractivity contribution in [3.8, 4) is 11.1 Å². The summed E-state index contributed by atoms with van der Waals surface area (Å²) in [4.78, 5) is 12.4. The van der Waals surface area contributed by atoms with Gasteiger partial charge < -0.3 is 9.90 Å². The van der Waals surface area contributed by atoms with Gasteiger partial charge in [-0.2, -0.15) is 13.0 Å². The Bertz CT molecular complexity index is 1450. The molecule has 4 aromatic rings. The van der Waals surface area contributed by atoms with Crippen LogP contribution in [0.3, 0.4) is 0 Å². The molecule has 0 unspecified atom stereocenters. The van der Waals surface area contributed by atoms with Crippen molar-refractivity contribution in [2.75, 3.05) is 5.75 Å². The SMILES string of the molecule is Cc1cccc(C)c1-c1cccc2c1c(C(=O)[O-])c1ccccc1[n+]2CCCS(=O)(=O)O. The third-order valence-corrected chi connectivity index (χ3v) is 6.59. The van der Waals surface area contributed by atoms with Crippen molar-refractivity contribution in [1.29, 1.82) is 0 Å². The highest BCUT2D eigenvalue weighted by molar-refractivity contribution is 7.85. The van der Waals surface area contributed by atoms with Crippen LogP contribution in [0.15, 0.2) is 60.7 Å². The minimum Gasteiger partial charge on any atom is -0.545 e. The molecule has 0 spiro atoms. The third-order valence-electron chi connectivity index (χ3n) is 5.79. The molecule has 0 aliphatic rings. The lowest BCUT2D eigenvalue weighted by atomic mass is 9.89. The largest absolute Gasteiger partial charge is 0.545 e. The maximum Gasteiger partial charge on any atom is 0.265 e. The number of fused-ring (bicyclic) bond motifs is 2. The summed E-state index contributed by atoms with van der Waals surface area (Å²) in [5, 5.41) is 13.5. The molecule has 1 N–H and O–H groups in total. The summed E-state index contributed by atoms with van der Waals surface area (Å²) < 4.78 is 33.6. The van der Waals surface area contributed by atoms with Gasteiger partial charge >= 0.3 is 0 Å². The number of hydrogen-bond donors (Lipinski definition) is 1. The molecule has 6 nitrogen and oxygen atoms in total. The van der Waals surface area contributed by atoms with Crippen LogP contribution in [0.25, 0.3) is 32.9 Å². The molecule has 0 fully saturated rings. The van der Waals surface area contributed by atoms with Gasteiger partial charge in [-0.15, -0.1) is 0 Å². The number of nitrogens with zero attached hydrogens (tertiary/aromatic N) is 1. The van der Waals surface area contributed by atoms with Crippen molar-refractivity contribution in [1.82, 2.24) is 0 Å². The molecule has 4 rings (SSSR count). The summed E-state index contributed by atoms with van der Waals surface area (Å²) in [6.07, 6.45) is 0.181. The second-order valence-corrected chi connectivity index (χ2v) is 9.51. The minimum atomic E-state index is -4.10. The van der Waals surface area contributed by atoms with E-state index >= 15 is 0 Å². The van der Waals surface area contributed by atoms with Gasteiger partial charge in [0.05, 0.1) is 22.5 Å². The molecule has 3 aromatic carbocycles. The molecule has 0 saturated carbocycles. The Morgan fingerprint density at radius 1 is 0.938 bits per heavy atom. The molecule has 0 saturated heterocycles. The topological polar surface area (TPSA) is 98.4 Å². The summed E-state index contributed by atoms with van der Waals surface area (Å²) in [5.74, 6) is -1.65. The van der Waals surface area contributed by atoms with Gasteiger partial charge in [0.15, 0.2) is 6.54 Å². The van der Waals surface area contributed by atoms with Gasteiger partial charge in [0.25, 0.3) is 10.1 Å². The van der Waals surface area contributed by atoms with E-state index in [1.165, 1.54) is 0 Å². The Morgan fingerprint density at radius 3 is 2.22 bits per heavy atom. The lowest BCUT2D eigenvalue weighted by molar-refractivity contribution is -0.645. The van der Waals surface area contributed by atoms with Crippen molar-refractivity contribution in [3.63, 3.8) is 0 Å². The van der Waals surface area contributed by atoms with Crippen molar-refractivity contribution in [2.45, 2.75) is 26.8 Å². The lowest BCUT2D eigenvalue weighted by Gasteiger charge is -2.17. The summed E-state index contributed by atoms with van der Waals surface area (Å²) in [5.41, 5.74) is 5.22. The molecule has 1 aromatic heterocycles. The van der Waals surface area contributed by atoms with Crippen molar-refractivity contribution >= 4 is 37.9 Å². The number of carbonyl (C=O) groups is 1. The quantitative estimate of drug-likeness (QED) is 0.277. The van der Waals surface area contributed by atoms with Crippen LogP contribution >= 0.6 is 0 Å².